The van der Waals surface area contributed by atoms with Crippen molar-refractivity contribution >= 4 is 0 Å². The highest BCUT2D eigenvalue weighted by atomic mass is 16.3. The van der Waals surface area contributed by atoms with E-state index in [-0.39, 0.29) is 5.54 Å². The van der Waals surface area contributed by atoms with Gasteiger partial charge >= 0.3 is 0 Å². The lowest BCUT2D eigenvalue weighted by atomic mass is 9.97. The molecule has 1 rings (SSSR count). The van der Waals surface area contributed by atoms with Crippen LogP contribution in [0.15, 0.2) is 0 Å². The highest BCUT2D eigenvalue weighted by Crippen LogP contribution is 2.39. The third kappa shape index (κ3) is 4.10. The van der Waals surface area contributed by atoms with Crippen LogP contribution in [0.1, 0.15) is 47.0 Å². The summed E-state index contributed by atoms with van der Waals surface area (Å²) in [5.74, 6) is 0.856. The molecule has 78 valence electrons. The zero-order valence-corrected chi connectivity index (χ0v) is 9.35. The monoisotopic (exact) mass is 185 g/mol. The Bertz CT molecular complexity index is 165. The second kappa shape index (κ2) is 3.58. The summed E-state index contributed by atoms with van der Waals surface area (Å²) in [6.45, 7) is 9.15. The van der Waals surface area contributed by atoms with E-state index in [9.17, 15) is 5.11 Å². The first-order valence-electron chi connectivity index (χ1n) is 5.29. The summed E-state index contributed by atoms with van der Waals surface area (Å²) in [6.07, 6.45) is 3.55. The van der Waals surface area contributed by atoms with E-state index in [1.54, 1.807) is 0 Å². The molecule has 0 aliphatic heterocycles. The summed E-state index contributed by atoms with van der Waals surface area (Å²) in [5, 5.41) is 13.0. The Morgan fingerprint density at radius 2 is 1.77 bits per heavy atom. The van der Waals surface area contributed by atoms with Crippen LogP contribution in [0.5, 0.6) is 0 Å². The Morgan fingerprint density at radius 1 is 1.23 bits per heavy atom. The van der Waals surface area contributed by atoms with E-state index < -0.39 is 5.60 Å². The van der Waals surface area contributed by atoms with Crippen molar-refractivity contribution in [2.45, 2.75) is 58.1 Å². The molecule has 0 bridgehead atoms. The SMILES string of the molecule is CC(C)(O)CCNC(C)(C)C1CC1. The van der Waals surface area contributed by atoms with Crippen LogP contribution in [0.4, 0.5) is 0 Å². The van der Waals surface area contributed by atoms with E-state index in [1.165, 1.54) is 12.8 Å². The normalized spacial score (nSPS) is 19.2. The van der Waals surface area contributed by atoms with Gasteiger partial charge in [-0.2, -0.15) is 0 Å². The van der Waals surface area contributed by atoms with Gasteiger partial charge < -0.3 is 10.4 Å². The van der Waals surface area contributed by atoms with E-state index in [1.807, 2.05) is 13.8 Å². The number of rotatable bonds is 5. The van der Waals surface area contributed by atoms with Gasteiger partial charge in [0.25, 0.3) is 0 Å². The van der Waals surface area contributed by atoms with Crippen LogP contribution in [0, 0.1) is 5.92 Å². The highest BCUT2D eigenvalue weighted by molar-refractivity contribution is 4.94. The van der Waals surface area contributed by atoms with Gasteiger partial charge in [0.15, 0.2) is 0 Å². The predicted octanol–water partition coefficient (Wildman–Crippen LogP) is 1.93. The molecule has 0 saturated heterocycles. The lowest BCUT2D eigenvalue weighted by Crippen LogP contribution is -2.43. The highest BCUT2D eigenvalue weighted by Gasteiger charge is 2.37. The molecule has 2 N–H and O–H groups in total. The first-order valence-corrected chi connectivity index (χ1v) is 5.29. The first kappa shape index (κ1) is 11.0. The van der Waals surface area contributed by atoms with Crippen molar-refractivity contribution in [3.05, 3.63) is 0 Å². The fraction of sp³-hybridized carbons (Fsp3) is 1.00. The molecule has 13 heavy (non-hydrogen) atoms. The third-order valence-corrected chi connectivity index (χ3v) is 2.92. The van der Waals surface area contributed by atoms with E-state index in [4.69, 9.17) is 0 Å². The van der Waals surface area contributed by atoms with Crippen molar-refractivity contribution in [3.63, 3.8) is 0 Å². The Kier molecular flexibility index (Phi) is 3.03. The number of nitrogens with one attached hydrogen (secondary N) is 1. The van der Waals surface area contributed by atoms with Gasteiger partial charge in [-0.05, 0) is 59.4 Å². The summed E-state index contributed by atoms with van der Waals surface area (Å²) in [4.78, 5) is 0. The first-order chi connectivity index (χ1) is 5.81. The quantitative estimate of drug-likeness (QED) is 0.686. The molecule has 0 radical (unpaired) electrons. The third-order valence-electron chi connectivity index (χ3n) is 2.92. The maximum Gasteiger partial charge on any atom is 0.0603 e. The van der Waals surface area contributed by atoms with Crippen LogP contribution in [0.3, 0.4) is 0 Å². The molecule has 0 aromatic heterocycles. The molecule has 0 spiro atoms. The van der Waals surface area contributed by atoms with Crippen molar-refractivity contribution in [2.75, 3.05) is 6.54 Å². The molecule has 0 aromatic rings. The molecule has 1 aliphatic carbocycles. The molecule has 1 aliphatic rings. The van der Waals surface area contributed by atoms with Gasteiger partial charge in [0.2, 0.25) is 0 Å². The average molecular weight is 185 g/mol. The van der Waals surface area contributed by atoms with Crippen LogP contribution in [-0.2, 0) is 0 Å². The van der Waals surface area contributed by atoms with Crippen molar-refractivity contribution < 1.29 is 5.11 Å². The summed E-state index contributed by atoms with van der Waals surface area (Å²) < 4.78 is 0. The molecule has 1 fully saturated rings. The Labute approximate surface area is 81.7 Å². The fourth-order valence-electron chi connectivity index (χ4n) is 1.64. The maximum absolute atomic E-state index is 9.53. The summed E-state index contributed by atoms with van der Waals surface area (Å²) in [6, 6.07) is 0. The van der Waals surface area contributed by atoms with Crippen LogP contribution in [0.25, 0.3) is 0 Å². The molecule has 0 unspecified atom stereocenters. The predicted molar refractivity (Wildman–Crippen MR) is 55.7 cm³/mol. The Morgan fingerprint density at radius 3 is 2.15 bits per heavy atom. The van der Waals surface area contributed by atoms with Gasteiger partial charge in [-0.25, -0.2) is 0 Å². The van der Waals surface area contributed by atoms with Crippen molar-refractivity contribution in [1.29, 1.82) is 0 Å². The largest absolute Gasteiger partial charge is 0.390 e. The Hall–Kier alpha value is -0.0800. The zero-order valence-electron chi connectivity index (χ0n) is 9.35. The van der Waals surface area contributed by atoms with Crippen molar-refractivity contribution in [3.8, 4) is 0 Å². The molecule has 0 amide bonds. The number of aliphatic hydroxyl groups is 1. The second-order valence-corrected chi connectivity index (χ2v) is 5.49. The fourth-order valence-corrected chi connectivity index (χ4v) is 1.64. The summed E-state index contributed by atoms with van der Waals surface area (Å²) in [7, 11) is 0. The van der Waals surface area contributed by atoms with Gasteiger partial charge in [0.1, 0.15) is 0 Å². The second-order valence-electron chi connectivity index (χ2n) is 5.49. The van der Waals surface area contributed by atoms with Crippen LogP contribution in [-0.4, -0.2) is 22.8 Å². The lowest BCUT2D eigenvalue weighted by molar-refractivity contribution is 0.0685. The molecule has 0 atom stereocenters. The summed E-state index contributed by atoms with van der Waals surface area (Å²) in [5.41, 5.74) is -0.266. The molecule has 1 saturated carbocycles. The lowest BCUT2D eigenvalue weighted by Gasteiger charge is -2.28. The van der Waals surface area contributed by atoms with Crippen LogP contribution in [0.2, 0.25) is 0 Å². The van der Waals surface area contributed by atoms with E-state index in [0.29, 0.717) is 0 Å². The smallest absolute Gasteiger partial charge is 0.0603 e. The van der Waals surface area contributed by atoms with Gasteiger partial charge in [-0.15, -0.1) is 0 Å². The minimum Gasteiger partial charge on any atom is -0.390 e. The zero-order chi connectivity index (χ0) is 10.1. The van der Waals surface area contributed by atoms with Crippen molar-refractivity contribution in [1.82, 2.24) is 5.32 Å². The van der Waals surface area contributed by atoms with E-state index >= 15 is 0 Å². The molecule has 2 heteroatoms. The van der Waals surface area contributed by atoms with Gasteiger partial charge in [-0.3, -0.25) is 0 Å². The minimum absolute atomic E-state index is 0.269. The molecule has 0 heterocycles. The van der Waals surface area contributed by atoms with E-state index in [0.717, 1.165) is 18.9 Å². The Balaban J connectivity index is 2.18. The standard InChI is InChI=1S/C11H23NO/c1-10(2,13)7-8-12-11(3,4)9-5-6-9/h9,12-13H,5-8H2,1-4H3. The minimum atomic E-state index is -0.535. The van der Waals surface area contributed by atoms with Crippen molar-refractivity contribution in [2.24, 2.45) is 5.92 Å². The van der Waals surface area contributed by atoms with Crippen LogP contribution >= 0.6 is 0 Å². The number of hydrogen-bond acceptors (Lipinski definition) is 2. The maximum atomic E-state index is 9.53. The molecular weight excluding hydrogens is 162 g/mol. The summed E-state index contributed by atoms with van der Waals surface area (Å²) >= 11 is 0. The average Bonchev–Trinajstić information content (AvgIpc) is 2.62. The molecular formula is C11H23NO. The van der Waals surface area contributed by atoms with Gasteiger partial charge in [0, 0.05) is 5.54 Å². The van der Waals surface area contributed by atoms with E-state index in [2.05, 4.69) is 19.2 Å². The van der Waals surface area contributed by atoms with Gasteiger partial charge in [0.05, 0.1) is 5.60 Å². The molecule has 2 nitrogen and oxygen atoms in total. The van der Waals surface area contributed by atoms with Gasteiger partial charge in [-0.1, -0.05) is 0 Å². The molecule has 0 aromatic carbocycles. The number of hydrogen-bond donors (Lipinski definition) is 2. The topological polar surface area (TPSA) is 32.3 Å². The van der Waals surface area contributed by atoms with Crippen LogP contribution < -0.4 is 5.32 Å².